The number of morpholine rings is 1. The molecule has 2 heterocycles. The van der Waals surface area contributed by atoms with Crippen LogP contribution < -0.4 is 5.32 Å². The lowest BCUT2D eigenvalue weighted by atomic mass is 10.1. The van der Waals surface area contributed by atoms with Crippen molar-refractivity contribution in [2.24, 2.45) is 0 Å². The van der Waals surface area contributed by atoms with Gasteiger partial charge in [0.1, 0.15) is 12.1 Å². The zero-order valence-corrected chi connectivity index (χ0v) is 22.1. The fourth-order valence-electron chi connectivity index (χ4n) is 4.73. The quantitative estimate of drug-likeness (QED) is 0.361. The van der Waals surface area contributed by atoms with E-state index in [1.165, 1.54) is 17.0 Å². The predicted molar refractivity (Wildman–Crippen MR) is 135 cm³/mol. The third-order valence-electron chi connectivity index (χ3n) is 6.63. The van der Waals surface area contributed by atoms with Gasteiger partial charge in [-0.2, -0.15) is 0 Å². The molecule has 0 radical (unpaired) electrons. The van der Waals surface area contributed by atoms with Gasteiger partial charge >= 0.3 is 6.47 Å². The van der Waals surface area contributed by atoms with Gasteiger partial charge in [0.2, 0.25) is 11.8 Å². The summed E-state index contributed by atoms with van der Waals surface area (Å²) in [6, 6.07) is 7.24. The van der Waals surface area contributed by atoms with Crippen molar-refractivity contribution in [3.05, 3.63) is 41.4 Å². The van der Waals surface area contributed by atoms with Crippen molar-refractivity contribution in [1.29, 1.82) is 0 Å². The van der Waals surface area contributed by atoms with Gasteiger partial charge in [-0.05, 0) is 59.9 Å². The lowest BCUT2D eigenvalue weighted by Gasteiger charge is -2.36. The third kappa shape index (κ3) is 5.58. The Labute approximate surface area is 220 Å². The van der Waals surface area contributed by atoms with E-state index < -0.39 is 28.0 Å². The van der Waals surface area contributed by atoms with Gasteiger partial charge < -0.3 is 24.7 Å². The number of ether oxygens (including phenoxy) is 1. The molecule has 11 nitrogen and oxygen atoms in total. The van der Waals surface area contributed by atoms with Crippen LogP contribution in [0, 0.1) is 0 Å². The first-order valence-electron chi connectivity index (χ1n) is 11.9. The Hall–Kier alpha value is -2.77. The van der Waals surface area contributed by atoms with Crippen LogP contribution in [0.1, 0.15) is 13.3 Å². The highest BCUT2D eigenvalue weighted by Gasteiger charge is 2.47. The molecule has 2 fully saturated rings. The second-order valence-corrected chi connectivity index (χ2v) is 11.2. The molecule has 2 aliphatic heterocycles. The lowest BCUT2D eigenvalue weighted by molar-refractivity contribution is -0.164. The summed E-state index contributed by atoms with van der Waals surface area (Å²) in [5, 5.41) is 4.86. The Bertz CT molecular complexity index is 1290. The summed E-state index contributed by atoms with van der Waals surface area (Å²) in [5.41, 5.74) is 0. The number of nitrogens with zero attached hydrogens (tertiary/aromatic N) is 3. The molecule has 2 amide bonds. The first kappa shape index (κ1) is 27.3. The van der Waals surface area contributed by atoms with Gasteiger partial charge in [-0.25, -0.2) is 8.42 Å². The van der Waals surface area contributed by atoms with Crippen molar-refractivity contribution >= 4 is 50.7 Å². The van der Waals surface area contributed by atoms with Gasteiger partial charge in [-0.1, -0.05) is 23.7 Å². The molecule has 0 aromatic heterocycles. The van der Waals surface area contributed by atoms with Crippen LogP contribution in [-0.2, 0) is 34.0 Å². The van der Waals surface area contributed by atoms with Crippen molar-refractivity contribution in [2.45, 2.75) is 36.4 Å². The number of carbonyl (C=O) groups is 3. The number of carbonyl (C=O) groups excluding carboxylic acids is 3. The number of rotatable bonds is 9. The van der Waals surface area contributed by atoms with Crippen LogP contribution in [0.3, 0.4) is 0 Å². The monoisotopic (exact) mass is 552 g/mol. The van der Waals surface area contributed by atoms with E-state index in [1.54, 1.807) is 43.1 Å². The van der Waals surface area contributed by atoms with E-state index >= 15 is 0 Å². The van der Waals surface area contributed by atoms with Crippen molar-refractivity contribution in [3.63, 3.8) is 0 Å². The fraction of sp³-hybridized carbons (Fsp3) is 0.458. The standard InChI is InChI=1S/C24H29ClN4O7S/c1-16(23(31)27-9-10-35-20(14-27)13-26-2)28-8-7-22(24(28)32)29(36-15-30)37(33,34)21-6-4-17-11-19(25)5-3-18(17)12-21/h3-6,11-12,15-16,20,22,26H,7-10,13-14H2,1-2H3/t16-,20?,22?/m0/s1. The van der Waals surface area contributed by atoms with Crippen LogP contribution in [0.25, 0.3) is 10.8 Å². The summed E-state index contributed by atoms with van der Waals surface area (Å²) >= 11 is 6.01. The van der Waals surface area contributed by atoms with Gasteiger partial charge in [-0.15, -0.1) is 0 Å². The van der Waals surface area contributed by atoms with Crippen molar-refractivity contribution in [1.82, 2.24) is 19.6 Å². The number of hydroxylamine groups is 1. The summed E-state index contributed by atoms with van der Waals surface area (Å²) in [6.45, 7) is 3.47. The first-order valence-corrected chi connectivity index (χ1v) is 13.7. The third-order valence-corrected chi connectivity index (χ3v) is 8.53. The molecule has 2 aliphatic rings. The number of likely N-dealkylation sites (N-methyl/N-ethyl adjacent to an activating group) is 1. The Kier molecular flexibility index (Phi) is 8.34. The molecule has 2 aromatic carbocycles. The Morgan fingerprint density at radius 1 is 1.27 bits per heavy atom. The smallest absolute Gasteiger partial charge is 0.314 e. The molecule has 37 heavy (non-hydrogen) atoms. The normalized spacial score (nSPS) is 21.5. The average Bonchev–Trinajstić information content (AvgIpc) is 3.26. The van der Waals surface area contributed by atoms with Crippen LogP contribution >= 0.6 is 11.6 Å². The van der Waals surface area contributed by atoms with E-state index in [0.29, 0.717) is 41.1 Å². The summed E-state index contributed by atoms with van der Waals surface area (Å²) < 4.78 is 33.0. The molecule has 2 aromatic rings. The predicted octanol–water partition coefficient (Wildman–Crippen LogP) is 1.01. The van der Waals surface area contributed by atoms with Crippen molar-refractivity contribution < 1.29 is 32.4 Å². The number of amides is 2. The molecule has 4 rings (SSSR count). The van der Waals surface area contributed by atoms with E-state index in [4.69, 9.17) is 21.2 Å². The topological polar surface area (TPSA) is 126 Å². The maximum Gasteiger partial charge on any atom is 0.314 e. The van der Waals surface area contributed by atoms with Gasteiger partial charge in [0.05, 0.1) is 17.6 Å². The van der Waals surface area contributed by atoms with E-state index in [1.807, 2.05) is 0 Å². The minimum atomic E-state index is -4.40. The second-order valence-electron chi connectivity index (χ2n) is 8.96. The second kappa shape index (κ2) is 11.3. The van der Waals surface area contributed by atoms with Crippen LogP contribution in [0.2, 0.25) is 5.02 Å². The van der Waals surface area contributed by atoms with E-state index in [-0.39, 0.29) is 36.3 Å². The highest BCUT2D eigenvalue weighted by molar-refractivity contribution is 7.89. The molecule has 1 N–H and O–H groups in total. The SMILES string of the molecule is CNCC1CN(C(=O)[C@H](C)N2CCC(N(OC=O)S(=O)(=O)c3ccc4cc(Cl)ccc4c3)C2=O)CCO1. The first-order chi connectivity index (χ1) is 17.7. The number of halogens is 1. The van der Waals surface area contributed by atoms with Crippen LogP contribution in [0.15, 0.2) is 41.3 Å². The number of hydrogen-bond donors (Lipinski definition) is 1. The largest absolute Gasteiger partial charge is 0.373 e. The number of benzene rings is 2. The van der Waals surface area contributed by atoms with E-state index in [2.05, 4.69) is 5.32 Å². The molecular formula is C24H29ClN4O7S. The summed E-state index contributed by atoms with van der Waals surface area (Å²) in [6.07, 6.45) is -0.102. The molecule has 13 heteroatoms. The lowest BCUT2D eigenvalue weighted by Crippen LogP contribution is -2.55. The highest BCUT2D eigenvalue weighted by Crippen LogP contribution is 2.29. The molecule has 2 saturated heterocycles. The Morgan fingerprint density at radius 2 is 2.00 bits per heavy atom. The van der Waals surface area contributed by atoms with Crippen molar-refractivity contribution in [3.8, 4) is 0 Å². The Morgan fingerprint density at radius 3 is 2.73 bits per heavy atom. The molecule has 0 spiro atoms. The minimum absolute atomic E-state index is 0.0292. The fourth-order valence-corrected chi connectivity index (χ4v) is 6.32. The minimum Gasteiger partial charge on any atom is -0.373 e. The molecule has 200 valence electrons. The molecular weight excluding hydrogens is 524 g/mol. The number of nitrogens with one attached hydrogen (secondary N) is 1. The van der Waals surface area contributed by atoms with Gasteiger partial charge in [0.25, 0.3) is 10.0 Å². The zero-order valence-electron chi connectivity index (χ0n) is 20.5. The summed E-state index contributed by atoms with van der Waals surface area (Å²) in [7, 11) is -2.61. The highest BCUT2D eigenvalue weighted by atomic mass is 35.5. The van der Waals surface area contributed by atoms with Gasteiger partial charge in [0, 0.05) is 31.2 Å². The average molecular weight is 553 g/mol. The maximum absolute atomic E-state index is 13.5. The van der Waals surface area contributed by atoms with Crippen molar-refractivity contribution in [2.75, 3.05) is 39.8 Å². The molecule has 3 atom stereocenters. The van der Waals surface area contributed by atoms with E-state index in [0.717, 1.165) is 5.39 Å². The van der Waals surface area contributed by atoms with Crippen LogP contribution in [-0.4, -0.2) is 99.0 Å². The van der Waals surface area contributed by atoms with Gasteiger partial charge in [0.15, 0.2) is 0 Å². The Balaban J connectivity index is 1.53. The molecule has 2 unspecified atom stereocenters. The van der Waals surface area contributed by atoms with Crippen LogP contribution in [0.4, 0.5) is 0 Å². The number of hydrogen-bond acceptors (Lipinski definition) is 8. The molecule has 0 saturated carbocycles. The van der Waals surface area contributed by atoms with E-state index in [9.17, 15) is 22.8 Å². The number of sulfonamides is 1. The number of fused-ring (bicyclic) bond motifs is 1. The summed E-state index contributed by atoms with van der Waals surface area (Å²) in [5.74, 6) is -0.865. The van der Waals surface area contributed by atoms with Gasteiger partial charge in [-0.3, -0.25) is 14.4 Å². The number of likely N-dealkylation sites (tertiary alicyclic amines) is 1. The summed E-state index contributed by atoms with van der Waals surface area (Å²) in [4.78, 5) is 45.5. The van der Waals surface area contributed by atoms with Crippen LogP contribution in [0.5, 0.6) is 0 Å². The molecule has 0 aliphatic carbocycles. The zero-order chi connectivity index (χ0) is 26.7. The molecule has 0 bridgehead atoms. The maximum atomic E-state index is 13.5.